The van der Waals surface area contributed by atoms with E-state index in [1.54, 1.807) is 37.4 Å². The van der Waals surface area contributed by atoms with Crippen LogP contribution in [0.5, 0.6) is 11.5 Å². The Kier molecular flexibility index (Phi) is 5.44. The second kappa shape index (κ2) is 8.18. The molecule has 0 radical (unpaired) electrons. The van der Waals surface area contributed by atoms with Crippen molar-refractivity contribution in [2.75, 3.05) is 27.3 Å². The summed E-state index contributed by atoms with van der Waals surface area (Å²) in [5, 5.41) is 0. The molecule has 30 heavy (non-hydrogen) atoms. The largest absolute Gasteiger partial charge is 0.493 e. The lowest BCUT2D eigenvalue weighted by Gasteiger charge is -2.20. The van der Waals surface area contributed by atoms with Crippen molar-refractivity contribution in [3.8, 4) is 11.5 Å². The number of benzene rings is 2. The fraction of sp³-hybridized carbons (Fsp3) is 0.304. The molecule has 1 saturated heterocycles. The number of hydrogen-bond acceptors (Lipinski definition) is 5. The van der Waals surface area contributed by atoms with E-state index in [9.17, 15) is 14.0 Å². The van der Waals surface area contributed by atoms with Crippen LogP contribution in [0.1, 0.15) is 24.0 Å². The van der Waals surface area contributed by atoms with Gasteiger partial charge in [0.15, 0.2) is 11.5 Å². The zero-order chi connectivity index (χ0) is 21.3. The Morgan fingerprint density at radius 2 is 1.57 bits per heavy atom. The molecule has 156 valence electrons. The van der Waals surface area contributed by atoms with Gasteiger partial charge in [0.25, 0.3) is 11.8 Å². The minimum atomic E-state index is -0.388. The average Bonchev–Trinajstić information content (AvgIpc) is 3.37. The summed E-state index contributed by atoms with van der Waals surface area (Å²) in [4.78, 5) is 29.8. The molecule has 0 atom stereocenters. The molecule has 1 fully saturated rings. The van der Waals surface area contributed by atoms with Crippen LogP contribution in [0.25, 0.3) is 5.57 Å². The molecular weight excluding hydrogens is 387 g/mol. The van der Waals surface area contributed by atoms with Crippen molar-refractivity contribution >= 4 is 17.4 Å². The van der Waals surface area contributed by atoms with E-state index in [4.69, 9.17) is 9.47 Å². The van der Waals surface area contributed by atoms with Crippen LogP contribution in [0.4, 0.5) is 4.39 Å². The van der Waals surface area contributed by atoms with Crippen LogP contribution in [0.15, 0.2) is 48.2 Å². The monoisotopic (exact) mass is 410 g/mol. The number of halogens is 1. The molecule has 0 unspecified atom stereocenters. The number of ether oxygens (including phenoxy) is 2. The van der Waals surface area contributed by atoms with E-state index in [-0.39, 0.29) is 24.2 Å². The van der Waals surface area contributed by atoms with Gasteiger partial charge in [0.1, 0.15) is 11.5 Å². The second-order valence-corrected chi connectivity index (χ2v) is 7.31. The molecule has 2 aromatic rings. The van der Waals surface area contributed by atoms with Crippen LogP contribution in [-0.4, -0.2) is 48.9 Å². The normalized spacial score (nSPS) is 16.6. The summed E-state index contributed by atoms with van der Waals surface area (Å²) in [5.74, 6) is 0.0177. The van der Waals surface area contributed by atoms with Crippen LogP contribution in [0, 0.1) is 5.82 Å². The first-order chi connectivity index (χ1) is 14.5. The van der Waals surface area contributed by atoms with E-state index >= 15 is 0 Å². The lowest BCUT2D eigenvalue weighted by molar-refractivity contribution is -0.138. The Morgan fingerprint density at radius 1 is 0.900 bits per heavy atom. The minimum Gasteiger partial charge on any atom is -0.493 e. The van der Waals surface area contributed by atoms with Crippen molar-refractivity contribution in [3.63, 3.8) is 0 Å². The third-order valence-electron chi connectivity index (χ3n) is 5.49. The van der Waals surface area contributed by atoms with Gasteiger partial charge in [0.05, 0.1) is 26.3 Å². The highest BCUT2D eigenvalue weighted by Gasteiger charge is 2.42. The van der Waals surface area contributed by atoms with E-state index in [0.29, 0.717) is 28.3 Å². The summed E-state index contributed by atoms with van der Waals surface area (Å²) in [6, 6.07) is 11.0. The number of hydrogen-bond donors (Lipinski definition) is 0. The molecule has 2 amide bonds. The van der Waals surface area contributed by atoms with E-state index in [2.05, 4.69) is 0 Å². The van der Waals surface area contributed by atoms with Crippen molar-refractivity contribution in [2.45, 2.75) is 19.4 Å². The zero-order valence-electron chi connectivity index (χ0n) is 17.0. The average molecular weight is 410 g/mol. The van der Waals surface area contributed by atoms with E-state index in [0.717, 1.165) is 31.5 Å². The van der Waals surface area contributed by atoms with Gasteiger partial charge in [-0.1, -0.05) is 18.2 Å². The van der Waals surface area contributed by atoms with Crippen molar-refractivity contribution in [3.05, 3.63) is 65.1 Å². The van der Waals surface area contributed by atoms with Gasteiger partial charge in [0, 0.05) is 13.1 Å². The predicted octanol–water partition coefficient (Wildman–Crippen LogP) is 3.22. The SMILES string of the molecule is COc1ccc(CN2C(=O)C(c3ccc(F)cc3)=C(N3CCCC3)C2=O)cc1OC. The van der Waals surface area contributed by atoms with Gasteiger partial charge in [-0.2, -0.15) is 0 Å². The third-order valence-corrected chi connectivity index (χ3v) is 5.49. The fourth-order valence-electron chi connectivity index (χ4n) is 3.98. The smallest absolute Gasteiger partial charge is 0.278 e. The lowest BCUT2D eigenvalue weighted by atomic mass is 10.0. The molecular formula is C23H23FN2O4. The molecule has 0 aliphatic carbocycles. The summed E-state index contributed by atoms with van der Waals surface area (Å²) in [5.41, 5.74) is 2.04. The summed E-state index contributed by atoms with van der Waals surface area (Å²) in [6.45, 7) is 1.56. The van der Waals surface area contributed by atoms with Gasteiger partial charge in [-0.25, -0.2) is 4.39 Å². The van der Waals surface area contributed by atoms with Gasteiger partial charge >= 0.3 is 0 Å². The highest BCUT2D eigenvalue weighted by Crippen LogP contribution is 2.35. The maximum atomic E-state index is 13.4. The number of nitrogens with zero attached hydrogens (tertiary/aromatic N) is 2. The van der Waals surface area contributed by atoms with Crippen LogP contribution in [0.2, 0.25) is 0 Å². The van der Waals surface area contributed by atoms with E-state index in [1.165, 1.54) is 24.1 Å². The van der Waals surface area contributed by atoms with Crippen molar-refractivity contribution in [1.29, 1.82) is 0 Å². The molecule has 6 nitrogen and oxygen atoms in total. The molecule has 0 saturated carbocycles. The lowest BCUT2D eigenvalue weighted by Crippen LogP contribution is -2.34. The number of amides is 2. The number of methoxy groups -OCH3 is 2. The van der Waals surface area contributed by atoms with Gasteiger partial charge in [-0.3, -0.25) is 14.5 Å². The molecule has 0 spiro atoms. The highest BCUT2D eigenvalue weighted by atomic mass is 19.1. The van der Waals surface area contributed by atoms with Gasteiger partial charge in [0.2, 0.25) is 0 Å². The maximum Gasteiger partial charge on any atom is 0.278 e. The first-order valence-electron chi connectivity index (χ1n) is 9.85. The van der Waals surface area contributed by atoms with Crippen LogP contribution in [-0.2, 0) is 16.1 Å². The number of carbonyl (C=O) groups excluding carboxylic acids is 2. The Hall–Kier alpha value is -3.35. The number of imide groups is 1. The Bertz CT molecular complexity index is 1010. The first kappa shape index (κ1) is 19.9. The minimum absolute atomic E-state index is 0.111. The van der Waals surface area contributed by atoms with Crippen molar-refractivity contribution in [1.82, 2.24) is 9.80 Å². The number of carbonyl (C=O) groups is 2. The third kappa shape index (κ3) is 3.51. The van der Waals surface area contributed by atoms with Crippen molar-refractivity contribution in [2.24, 2.45) is 0 Å². The van der Waals surface area contributed by atoms with Gasteiger partial charge in [-0.05, 0) is 48.2 Å². The van der Waals surface area contributed by atoms with E-state index in [1.807, 2.05) is 4.90 Å². The molecule has 0 bridgehead atoms. The van der Waals surface area contributed by atoms with Crippen LogP contribution >= 0.6 is 0 Å². The highest BCUT2D eigenvalue weighted by molar-refractivity contribution is 6.35. The first-order valence-corrected chi connectivity index (χ1v) is 9.85. The fourth-order valence-corrected chi connectivity index (χ4v) is 3.98. The second-order valence-electron chi connectivity index (χ2n) is 7.31. The molecule has 2 aliphatic heterocycles. The molecule has 0 N–H and O–H groups in total. The van der Waals surface area contributed by atoms with Crippen LogP contribution in [0.3, 0.4) is 0 Å². The summed E-state index contributed by atoms with van der Waals surface area (Å²) >= 11 is 0. The Balaban J connectivity index is 1.69. The molecule has 2 aliphatic rings. The molecule has 0 aromatic heterocycles. The van der Waals surface area contributed by atoms with Crippen molar-refractivity contribution < 1.29 is 23.5 Å². The molecule has 7 heteroatoms. The topological polar surface area (TPSA) is 59.1 Å². The van der Waals surface area contributed by atoms with Crippen LogP contribution < -0.4 is 9.47 Å². The Morgan fingerprint density at radius 3 is 2.20 bits per heavy atom. The summed E-state index contributed by atoms with van der Waals surface area (Å²) in [6.07, 6.45) is 1.94. The zero-order valence-corrected chi connectivity index (χ0v) is 17.0. The molecule has 4 rings (SSSR count). The Labute approximate surface area is 174 Å². The maximum absolute atomic E-state index is 13.4. The van der Waals surface area contributed by atoms with Gasteiger partial charge in [-0.15, -0.1) is 0 Å². The number of rotatable bonds is 6. The molecule has 2 aromatic carbocycles. The van der Waals surface area contributed by atoms with Gasteiger partial charge < -0.3 is 14.4 Å². The summed E-state index contributed by atoms with van der Waals surface area (Å²) in [7, 11) is 3.08. The predicted molar refractivity (Wildman–Crippen MR) is 109 cm³/mol. The summed E-state index contributed by atoms with van der Waals surface area (Å²) < 4.78 is 24.0. The quantitative estimate of drug-likeness (QED) is 0.685. The number of likely N-dealkylation sites (tertiary alicyclic amines) is 1. The molecule has 2 heterocycles. The van der Waals surface area contributed by atoms with E-state index < -0.39 is 0 Å². The standard InChI is InChI=1S/C23H23FN2O4/c1-29-18-10-5-15(13-19(18)30-2)14-26-22(27)20(16-6-8-17(24)9-7-16)21(23(26)28)25-11-3-4-12-25/h5-10,13H,3-4,11-12,14H2,1-2H3.